The lowest BCUT2D eigenvalue weighted by atomic mass is 9.48. The van der Waals surface area contributed by atoms with E-state index in [0.29, 0.717) is 67.2 Å². The number of aromatic nitrogens is 6. The molecule has 19 rings (SSSR count). The Balaban J connectivity index is 0.000000132. The summed E-state index contributed by atoms with van der Waals surface area (Å²) >= 11 is 0. The zero-order chi connectivity index (χ0) is 76.2. The molecule has 11 atom stereocenters. The third kappa shape index (κ3) is 15.6. The minimum absolute atomic E-state index is 0. The van der Waals surface area contributed by atoms with Gasteiger partial charge in [-0.15, -0.1) is 0 Å². The van der Waals surface area contributed by atoms with Gasteiger partial charge in [0.25, 0.3) is 17.7 Å². The van der Waals surface area contributed by atoms with Crippen molar-refractivity contribution in [2.75, 3.05) is 6.61 Å². The number of carboxylic acid groups (broad SMARTS) is 1. The summed E-state index contributed by atoms with van der Waals surface area (Å²) in [6, 6.07) is 44.0. The van der Waals surface area contributed by atoms with Gasteiger partial charge in [0.2, 0.25) is 0 Å². The monoisotopic (exact) mass is 1510 g/mol. The van der Waals surface area contributed by atoms with Gasteiger partial charge >= 0.3 is 11.9 Å². The number of nitrogens with one attached hydrogen (secondary N) is 3. The number of ether oxygens (including phenoxy) is 1. The standard InChI is InChI=1S/C34H40FN3O.C32H36FN3O3.C26H33N3O3.CH4/c1-22(34-19-24-16-25(20-34)18-26(17-24)21-34)36-33(39)31-30-9-5-8-27(11-10-23-6-3-2-4-7-23)32(30)38(37-31)29-14-12-28(35)13-15-29;1-2-39-32(38)27-22-13-14-23(19-22)28(27)34-31(37)29-26-10-6-9-21(12-11-20-7-4-3-5-8-20)30(26)36(35-29)25-17-15-24(33)16-18-25;1-25(2)18-11-12-26(3,14-18)24(25)27-22(30)21-19-13-17(23(31)32)9-10-20(19)29(28-21)15-16-7-5-4-6-8-16;/h2-4,6-7,12-15,22,24-27H,5,8-11,16-21H2,1H3,(H,36,39);3-5,7-8,15-18,21-23,27-28H,2,6,9-14,19H2,1H3,(H,34,37);4-8,17-18,24H,9-15H2,1-3H3,(H,27,30)(H,31,32);1H4/t;21?,22?,23?,27-,28+;;/m.0../s1. The molecule has 0 aliphatic heterocycles. The van der Waals surface area contributed by atoms with E-state index >= 15 is 0 Å². The van der Waals surface area contributed by atoms with Crippen molar-refractivity contribution in [2.45, 2.75) is 239 Å². The number of aryl methyl sites for hydroxylation is 2. The lowest BCUT2D eigenvalue weighted by Crippen LogP contribution is -2.55. The second-order valence-corrected chi connectivity index (χ2v) is 35.5. The summed E-state index contributed by atoms with van der Waals surface area (Å²) < 4.78 is 38.7. The fourth-order valence-electron chi connectivity index (χ4n) is 23.3. The van der Waals surface area contributed by atoms with E-state index in [9.17, 15) is 37.9 Å². The number of carbonyl (C=O) groups is 5. The van der Waals surface area contributed by atoms with Crippen molar-refractivity contribution in [1.82, 2.24) is 45.3 Å². The van der Waals surface area contributed by atoms with Crippen LogP contribution in [0.2, 0.25) is 0 Å². The zero-order valence-electron chi connectivity index (χ0n) is 64.7. The molecule has 3 aromatic heterocycles. The van der Waals surface area contributed by atoms with Crippen LogP contribution in [0.1, 0.15) is 258 Å². The van der Waals surface area contributed by atoms with Crippen molar-refractivity contribution < 1.29 is 42.6 Å². The highest BCUT2D eigenvalue weighted by Crippen LogP contribution is 2.63. The van der Waals surface area contributed by atoms with Gasteiger partial charge in [-0.3, -0.25) is 28.7 Å². The minimum Gasteiger partial charge on any atom is -0.481 e. The Bertz CT molecular complexity index is 4630. The largest absolute Gasteiger partial charge is 0.481 e. The van der Waals surface area contributed by atoms with Crippen molar-refractivity contribution in [3.05, 3.63) is 219 Å². The van der Waals surface area contributed by atoms with E-state index in [1.807, 2.05) is 45.2 Å². The number of hydrogen-bond donors (Lipinski definition) is 4. The maximum atomic E-state index is 14.0. The molecule has 18 heteroatoms. The van der Waals surface area contributed by atoms with Crippen molar-refractivity contribution in [3.63, 3.8) is 0 Å². The number of rotatable bonds is 20. The Morgan fingerprint density at radius 1 is 0.577 bits per heavy atom. The molecule has 9 unspecified atom stereocenters. The van der Waals surface area contributed by atoms with E-state index in [4.69, 9.17) is 20.0 Å². The maximum Gasteiger partial charge on any atom is 0.311 e. The summed E-state index contributed by atoms with van der Waals surface area (Å²) in [5, 5.41) is 34.3. The van der Waals surface area contributed by atoms with Crippen molar-refractivity contribution in [2.24, 2.45) is 63.6 Å². The number of carboxylic acids is 1. The first-order chi connectivity index (χ1) is 53.2. The van der Waals surface area contributed by atoms with E-state index < -0.39 is 11.9 Å². The lowest BCUT2D eigenvalue weighted by molar-refractivity contribution is -0.150. The smallest absolute Gasteiger partial charge is 0.311 e. The summed E-state index contributed by atoms with van der Waals surface area (Å²) in [5.74, 6) is 1.61. The molecule has 3 amide bonds. The molecule has 16 nitrogen and oxygen atoms in total. The van der Waals surface area contributed by atoms with Gasteiger partial charge in [0.05, 0.1) is 47.8 Å². The molecule has 5 aromatic carbocycles. The number of benzene rings is 5. The summed E-state index contributed by atoms with van der Waals surface area (Å²) in [6.45, 7) is 11.8. The molecule has 11 aliphatic rings. The molecular formula is C93H113F2N9O7. The van der Waals surface area contributed by atoms with Crippen molar-refractivity contribution in [3.8, 4) is 11.4 Å². The van der Waals surface area contributed by atoms with Crippen molar-refractivity contribution >= 4 is 29.7 Å². The normalized spacial score (nSPS) is 28.0. The molecular weight excluding hydrogens is 1390 g/mol. The molecule has 111 heavy (non-hydrogen) atoms. The first-order valence-corrected chi connectivity index (χ1v) is 41.5. The Kier molecular flexibility index (Phi) is 22.4. The second kappa shape index (κ2) is 32.2. The Labute approximate surface area is 653 Å². The van der Waals surface area contributed by atoms with E-state index in [1.54, 1.807) is 24.3 Å². The van der Waals surface area contributed by atoms with E-state index in [-0.39, 0.29) is 94.9 Å². The van der Waals surface area contributed by atoms with Crippen LogP contribution in [-0.4, -0.2) is 88.8 Å². The molecule has 11 aliphatic carbocycles. The highest BCUT2D eigenvalue weighted by Gasteiger charge is 2.60. The van der Waals surface area contributed by atoms with Crippen LogP contribution in [0.3, 0.4) is 0 Å². The SMILES string of the molecule is C.CC(NC(=O)c1nn(-c2ccc(F)cc2)c2c1CCCC2CCc1ccccc1)C12CC3CC(CC(C3)C1)C2.CC12CCC(C1)C(C)(C)C2NC(=O)c1nn(Cc2ccccc2)c2c1CC(C(=O)O)CC2.CCOC(=O)[C@H]1C2CCC(C2)[C@H]1NC(=O)c1nn(-c2ccc(F)cc2)c2c1CCCC2CCc1ccccc1. The molecule has 8 fully saturated rings. The number of esters is 1. The van der Waals surface area contributed by atoms with E-state index in [1.165, 1.54) is 80.3 Å². The summed E-state index contributed by atoms with van der Waals surface area (Å²) in [5.41, 5.74) is 13.3. The fraction of sp³-hybridized carbons (Fsp3) is 0.527. The Morgan fingerprint density at radius 2 is 1.08 bits per heavy atom. The predicted octanol–water partition coefficient (Wildman–Crippen LogP) is 17.9. The van der Waals surface area contributed by atoms with Gasteiger partial charge in [-0.25, -0.2) is 18.1 Å². The predicted molar refractivity (Wildman–Crippen MR) is 426 cm³/mol. The minimum atomic E-state index is -0.792. The quantitative estimate of drug-likeness (QED) is 0.0532. The van der Waals surface area contributed by atoms with Crippen LogP contribution in [0.25, 0.3) is 11.4 Å². The molecule has 4 N–H and O–H groups in total. The molecule has 3 heterocycles. The van der Waals surface area contributed by atoms with Crippen LogP contribution in [0, 0.1) is 75.2 Å². The molecule has 8 bridgehead atoms. The van der Waals surface area contributed by atoms with Gasteiger partial charge < -0.3 is 25.8 Å². The van der Waals surface area contributed by atoms with Gasteiger partial charge in [-0.05, 0) is 291 Å². The van der Waals surface area contributed by atoms with Crippen LogP contribution < -0.4 is 16.0 Å². The highest BCUT2D eigenvalue weighted by molar-refractivity contribution is 5.96. The van der Waals surface area contributed by atoms with E-state index in [0.717, 1.165) is 165 Å². The van der Waals surface area contributed by atoms with Gasteiger partial charge in [0.1, 0.15) is 11.6 Å². The third-order valence-electron chi connectivity index (χ3n) is 28.4. The molecule has 586 valence electrons. The Morgan fingerprint density at radius 3 is 1.59 bits per heavy atom. The van der Waals surface area contributed by atoms with Crippen LogP contribution in [0.15, 0.2) is 140 Å². The number of hydrogen-bond acceptors (Lipinski definition) is 9. The van der Waals surface area contributed by atoms with Gasteiger partial charge in [0.15, 0.2) is 17.1 Å². The average Bonchev–Trinajstić information content (AvgIpc) is 1.51. The second-order valence-electron chi connectivity index (χ2n) is 35.5. The van der Waals surface area contributed by atoms with Crippen LogP contribution in [0.5, 0.6) is 0 Å². The maximum absolute atomic E-state index is 14.0. The first-order valence-electron chi connectivity index (χ1n) is 41.5. The number of nitrogens with zero attached hydrogens (tertiary/aromatic N) is 6. The van der Waals surface area contributed by atoms with Crippen LogP contribution in [0.4, 0.5) is 8.78 Å². The number of fused-ring (bicyclic) bond motifs is 7. The average molecular weight is 1510 g/mol. The Hall–Kier alpha value is -9.06. The number of halogens is 2. The third-order valence-corrected chi connectivity index (χ3v) is 28.4. The lowest BCUT2D eigenvalue weighted by Gasteiger charge is -2.59. The zero-order valence-corrected chi connectivity index (χ0v) is 64.7. The highest BCUT2D eigenvalue weighted by atomic mass is 19.1. The van der Waals surface area contributed by atoms with Crippen LogP contribution in [-0.2, 0) is 59.4 Å². The van der Waals surface area contributed by atoms with Crippen LogP contribution >= 0.6 is 0 Å². The van der Waals surface area contributed by atoms with Crippen molar-refractivity contribution in [1.29, 1.82) is 0 Å². The summed E-state index contributed by atoms with van der Waals surface area (Å²) in [7, 11) is 0. The summed E-state index contributed by atoms with van der Waals surface area (Å²) in [4.78, 5) is 65.9. The van der Waals surface area contributed by atoms with Gasteiger partial charge in [0, 0.05) is 52.3 Å². The number of aliphatic carboxylic acids is 1. The summed E-state index contributed by atoms with van der Waals surface area (Å²) in [6.07, 6.45) is 25.8. The molecule has 0 radical (unpaired) electrons. The topological polar surface area (TPSA) is 204 Å². The van der Waals surface area contributed by atoms with Gasteiger partial charge in [-0.2, -0.15) is 15.3 Å². The molecule has 0 saturated heterocycles. The first kappa shape index (κ1) is 77.3. The van der Waals surface area contributed by atoms with Gasteiger partial charge in [-0.1, -0.05) is 119 Å². The fourth-order valence-corrected chi connectivity index (χ4v) is 23.3. The molecule has 0 spiro atoms. The molecule has 8 saturated carbocycles. The molecule has 8 aromatic rings. The number of carbonyl (C=O) groups excluding carboxylic acids is 4. The van der Waals surface area contributed by atoms with E-state index in [2.05, 4.69) is 110 Å². The number of amides is 3.